The second-order valence-corrected chi connectivity index (χ2v) is 6.30. The lowest BCUT2D eigenvalue weighted by Crippen LogP contribution is -2.56. The summed E-state index contributed by atoms with van der Waals surface area (Å²) in [5.74, 6) is -2.27. The van der Waals surface area contributed by atoms with Crippen LogP contribution >= 0.6 is 0 Å². The van der Waals surface area contributed by atoms with Crippen molar-refractivity contribution < 1.29 is 27.4 Å². The van der Waals surface area contributed by atoms with Gasteiger partial charge in [0.15, 0.2) is 0 Å². The third-order valence-corrected chi connectivity index (χ3v) is 4.79. The Balaban J connectivity index is 2.20. The van der Waals surface area contributed by atoms with Crippen LogP contribution in [0.3, 0.4) is 0 Å². The molecule has 0 aliphatic carbocycles. The van der Waals surface area contributed by atoms with Gasteiger partial charge in [0.25, 0.3) is 5.41 Å². The highest BCUT2D eigenvalue weighted by atomic mass is 19.4. The summed E-state index contributed by atoms with van der Waals surface area (Å²) < 4.78 is 53.5. The van der Waals surface area contributed by atoms with Crippen molar-refractivity contribution >= 4 is 33.5 Å². The molecule has 5 nitrogen and oxygen atoms in total. The monoisotopic (exact) mass is 388 g/mol. The lowest BCUT2D eigenvalue weighted by atomic mass is 9.79. The molecule has 8 heteroatoms. The summed E-state index contributed by atoms with van der Waals surface area (Å²) in [7, 11) is 0.904. The summed E-state index contributed by atoms with van der Waals surface area (Å²) in [5.41, 5.74) is -3.42. The van der Waals surface area contributed by atoms with Gasteiger partial charge < -0.3 is 9.47 Å². The number of para-hydroxylation sites is 1. The number of aliphatic imine (C=N–C) groups is 1. The smallest absolute Gasteiger partial charge is 0.419 e. The summed E-state index contributed by atoms with van der Waals surface area (Å²) >= 11 is 0. The third-order valence-electron chi connectivity index (χ3n) is 4.79. The van der Waals surface area contributed by atoms with Gasteiger partial charge in [-0.15, -0.1) is 0 Å². The van der Waals surface area contributed by atoms with E-state index in [1.807, 2.05) is 0 Å². The molecule has 1 aliphatic rings. The fourth-order valence-electron chi connectivity index (χ4n) is 3.56. The Morgan fingerprint density at radius 3 is 2.29 bits per heavy atom. The Kier molecular flexibility index (Phi) is 4.21. The summed E-state index contributed by atoms with van der Waals surface area (Å²) in [5, 5.41) is 1.40. The Morgan fingerprint density at radius 1 is 1.04 bits per heavy atom. The van der Waals surface area contributed by atoms with Crippen LogP contribution in [0.4, 0.5) is 13.2 Å². The average molecular weight is 388 g/mol. The molecule has 0 saturated heterocycles. The van der Waals surface area contributed by atoms with Crippen molar-refractivity contribution in [1.29, 1.82) is 0 Å². The number of rotatable bonds is 3. The topological polar surface area (TPSA) is 60.8 Å². The molecule has 0 spiro atoms. The standard InChI is InChI=1S/C20H15F3N2O3/c1-27-18(26)19(20(21,22)23,17-24-10-11-28-17)16-14-8-3-2-6-12(14)13-7-4-5-9-15(13)25-16/h2-9H,10-11H2,1H3. The second kappa shape index (κ2) is 6.47. The number of hydrogen-bond acceptors (Lipinski definition) is 5. The highest BCUT2D eigenvalue weighted by Crippen LogP contribution is 2.47. The number of esters is 1. The average Bonchev–Trinajstić information content (AvgIpc) is 3.22. The van der Waals surface area contributed by atoms with Crippen LogP contribution in [-0.2, 0) is 19.7 Å². The van der Waals surface area contributed by atoms with Crippen molar-refractivity contribution in [3.05, 3.63) is 54.2 Å². The Bertz CT molecular complexity index is 1110. The fraction of sp³-hybridized carbons (Fsp3) is 0.250. The van der Waals surface area contributed by atoms with Gasteiger partial charge in [0.2, 0.25) is 5.90 Å². The van der Waals surface area contributed by atoms with Crippen molar-refractivity contribution in [3.8, 4) is 0 Å². The van der Waals surface area contributed by atoms with E-state index in [1.54, 1.807) is 42.5 Å². The first kappa shape index (κ1) is 18.2. The van der Waals surface area contributed by atoms with Crippen LogP contribution in [0.2, 0.25) is 0 Å². The van der Waals surface area contributed by atoms with Crippen LogP contribution < -0.4 is 0 Å². The number of nitrogens with zero attached hydrogens (tertiary/aromatic N) is 2. The number of hydrogen-bond donors (Lipinski definition) is 0. The second-order valence-electron chi connectivity index (χ2n) is 6.30. The lowest BCUT2D eigenvalue weighted by molar-refractivity contribution is -0.195. The van der Waals surface area contributed by atoms with E-state index in [0.717, 1.165) is 7.11 Å². The number of alkyl halides is 3. The van der Waals surface area contributed by atoms with E-state index in [2.05, 4.69) is 14.7 Å². The SMILES string of the molecule is COC(=O)C(C1=NCCO1)(c1nc2ccccc2c2ccccc12)C(F)(F)F. The molecule has 3 aromatic rings. The maximum Gasteiger partial charge on any atom is 0.419 e. The first-order valence-corrected chi connectivity index (χ1v) is 8.52. The van der Waals surface area contributed by atoms with Crippen LogP contribution in [0.5, 0.6) is 0 Å². The highest BCUT2D eigenvalue weighted by molar-refractivity contribution is 6.15. The third kappa shape index (κ3) is 2.44. The highest BCUT2D eigenvalue weighted by Gasteiger charge is 2.69. The van der Waals surface area contributed by atoms with E-state index >= 15 is 0 Å². The van der Waals surface area contributed by atoms with Gasteiger partial charge >= 0.3 is 12.1 Å². The molecule has 2 aromatic carbocycles. The summed E-state index contributed by atoms with van der Waals surface area (Å²) in [6.45, 7) is -0.0225. The first-order valence-electron chi connectivity index (χ1n) is 8.52. The molecule has 1 aliphatic heterocycles. The van der Waals surface area contributed by atoms with E-state index in [9.17, 15) is 18.0 Å². The fourth-order valence-corrected chi connectivity index (χ4v) is 3.56. The van der Waals surface area contributed by atoms with Gasteiger partial charge in [-0.05, 0) is 11.5 Å². The van der Waals surface area contributed by atoms with Gasteiger partial charge in [0.1, 0.15) is 6.61 Å². The van der Waals surface area contributed by atoms with Gasteiger partial charge in [-0.1, -0.05) is 42.5 Å². The van der Waals surface area contributed by atoms with Gasteiger partial charge in [-0.25, -0.2) is 0 Å². The minimum atomic E-state index is -5.08. The van der Waals surface area contributed by atoms with E-state index < -0.39 is 29.2 Å². The zero-order chi connectivity index (χ0) is 19.9. The number of methoxy groups -OCH3 is 1. The number of halogens is 3. The molecule has 0 bridgehead atoms. The van der Waals surface area contributed by atoms with Gasteiger partial charge in [-0.2, -0.15) is 13.2 Å². The zero-order valence-corrected chi connectivity index (χ0v) is 14.8. The molecule has 4 rings (SSSR count). The number of pyridine rings is 1. The summed E-state index contributed by atoms with van der Waals surface area (Å²) in [6, 6.07) is 13.3. The number of carbonyl (C=O) groups excluding carboxylic acids is 1. The Labute approximate surface area is 157 Å². The number of fused-ring (bicyclic) bond motifs is 3. The van der Waals surface area contributed by atoms with Gasteiger partial charge in [-0.3, -0.25) is 14.8 Å². The van der Waals surface area contributed by atoms with E-state index in [0.29, 0.717) is 16.3 Å². The van der Waals surface area contributed by atoms with Gasteiger partial charge in [0.05, 0.1) is 24.9 Å². The largest absolute Gasteiger partial charge is 0.478 e. The summed E-state index contributed by atoms with van der Waals surface area (Å²) in [6.07, 6.45) is -5.08. The Hall–Kier alpha value is -3.16. The molecule has 0 radical (unpaired) electrons. The Morgan fingerprint density at radius 2 is 1.68 bits per heavy atom. The van der Waals surface area contributed by atoms with Crippen LogP contribution in [0.1, 0.15) is 5.69 Å². The molecule has 0 amide bonds. The maximum atomic E-state index is 14.6. The first-order chi connectivity index (χ1) is 13.4. The maximum absolute atomic E-state index is 14.6. The van der Waals surface area contributed by atoms with Crippen molar-refractivity contribution in [2.24, 2.45) is 4.99 Å². The van der Waals surface area contributed by atoms with Crippen LogP contribution in [0, 0.1) is 0 Å². The predicted octanol–water partition coefficient (Wildman–Crippen LogP) is 3.79. The number of benzene rings is 2. The van der Waals surface area contributed by atoms with Crippen molar-refractivity contribution in [1.82, 2.24) is 4.98 Å². The molecule has 2 heterocycles. The minimum Gasteiger partial charge on any atom is -0.478 e. The van der Waals surface area contributed by atoms with Crippen molar-refractivity contribution in [2.45, 2.75) is 11.6 Å². The van der Waals surface area contributed by atoms with E-state index in [1.165, 1.54) is 6.07 Å². The van der Waals surface area contributed by atoms with Crippen LogP contribution in [0.25, 0.3) is 21.7 Å². The predicted molar refractivity (Wildman–Crippen MR) is 97.3 cm³/mol. The van der Waals surface area contributed by atoms with E-state index in [4.69, 9.17) is 4.74 Å². The molecule has 28 heavy (non-hydrogen) atoms. The quantitative estimate of drug-likeness (QED) is 0.506. The molecular weight excluding hydrogens is 373 g/mol. The molecule has 0 fully saturated rings. The normalized spacial score (nSPS) is 16.5. The lowest BCUT2D eigenvalue weighted by Gasteiger charge is -2.32. The molecule has 1 unspecified atom stereocenters. The van der Waals surface area contributed by atoms with Gasteiger partial charge in [0, 0.05) is 10.8 Å². The van der Waals surface area contributed by atoms with E-state index in [-0.39, 0.29) is 18.5 Å². The molecule has 0 N–H and O–H groups in total. The van der Waals surface area contributed by atoms with Crippen LogP contribution in [-0.4, -0.2) is 43.3 Å². The molecular formula is C20H15F3N2O3. The molecule has 0 saturated carbocycles. The molecule has 1 atom stereocenters. The van der Waals surface area contributed by atoms with Crippen molar-refractivity contribution in [3.63, 3.8) is 0 Å². The molecule has 1 aromatic heterocycles. The van der Waals surface area contributed by atoms with Crippen molar-refractivity contribution in [2.75, 3.05) is 20.3 Å². The molecule has 144 valence electrons. The number of aromatic nitrogens is 1. The van der Waals surface area contributed by atoms with Crippen LogP contribution in [0.15, 0.2) is 53.5 Å². The number of ether oxygens (including phenoxy) is 2. The zero-order valence-electron chi connectivity index (χ0n) is 14.8. The summed E-state index contributed by atoms with van der Waals surface area (Å²) in [4.78, 5) is 20.8. The minimum absolute atomic E-state index is 0.0235. The number of carbonyl (C=O) groups is 1.